The van der Waals surface area contributed by atoms with Gasteiger partial charge in [-0.2, -0.15) is 0 Å². The van der Waals surface area contributed by atoms with Crippen LogP contribution in [0.15, 0.2) is 133 Å². The fourth-order valence-electron chi connectivity index (χ4n) is 6.47. The number of nitrogens with one attached hydrogen (secondary N) is 1. The van der Waals surface area contributed by atoms with Crippen molar-refractivity contribution in [3.63, 3.8) is 0 Å². The van der Waals surface area contributed by atoms with E-state index in [0.717, 1.165) is 33.8 Å². The van der Waals surface area contributed by atoms with Crippen molar-refractivity contribution in [1.29, 1.82) is 0 Å². The number of imide groups is 2. The number of rotatable bonds is 4. The zero-order chi connectivity index (χ0) is 38.1. The lowest BCUT2D eigenvalue weighted by atomic mass is 10.0. The van der Waals surface area contributed by atoms with Crippen LogP contribution < -0.4 is 15.1 Å². The van der Waals surface area contributed by atoms with Crippen LogP contribution in [0.5, 0.6) is 0 Å². The van der Waals surface area contributed by atoms with Crippen molar-refractivity contribution >= 4 is 46.6 Å². The van der Waals surface area contributed by atoms with Gasteiger partial charge in [-0.05, 0) is 104 Å². The molecule has 0 bridgehead atoms. The monoisotopic (exact) mass is 713 g/mol. The summed E-state index contributed by atoms with van der Waals surface area (Å²) < 4.78 is 0. The zero-order valence-corrected chi connectivity index (χ0v) is 29.1. The molecule has 0 fully saturated rings. The molecule has 0 unspecified atom stereocenters. The number of nitrogens with zero attached hydrogens (tertiary/aromatic N) is 2. The molecular formula is C47H27N3O5. The summed E-state index contributed by atoms with van der Waals surface area (Å²) in [6.45, 7) is 0. The van der Waals surface area contributed by atoms with Crippen LogP contribution in [0.4, 0.5) is 17.1 Å². The van der Waals surface area contributed by atoms with Gasteiger partial charge < -0.3 is 5.32 Å². The highest BCUT2D eigenvalue weighted by molar-refractivity contribution is 6.36. The van der Waals surface area contributed by atoms with E-state index in [-0.39, 0.29) is 39.2 Å². The second-order valence-electron chi connectivity index (χ2n) is 12.9. The molecule has 0 spiro atoms. The minimum Gasteiger partial charge on any atom is -0.322 e. The molecule has 8 heteroatoms. The van der Waals surface area contributed by atoms with Crippen molar-refractivity contribution in [3.05, 3.63) is 183 Å². The van der Waals surface area contributed by atoms with Crippen LogP contribution in [0.3, 0.4) is 0 Å². The number of anilines is 3. The summed E-state index contributed by atoms with van der Waals surface area (Å²) in [5.74, 6) is 11.7. The van der Waals surface area contributed by atoms with E-state index in [1.807, 2.05) is 42.5 Å². The van der Waals surface area contributed by atoms with Gasteiger partial charge in [0.25, 0.3) is 29.5 Å². The first-order valence-corrected chi connectivity index (χ1v) is 17.3. The molecule has 1 aliphatic carbocycles. The zero-order valence-electron chi connectivity index (χ0n) is 29.1. The Morgan fingerprint density at radius 1 is 0.582 bits per heavy atom. The molecule has 0 saturated carbocycles. The highest BCUT2D eigenvalue weighted by atomic mass is 16.2. The number of carbonyl (C=O) groups is 5. The molecule has 3 aliphatic rings. The first-order valence-electron chi connectivity index (χ1n) is 17.3. The molecule has 55 heavy (non-hydrogen) atoms. The van der Waals surface area contributed by atoms with Gasteiger partial charge in [-0.15, -0.1) is 6.42 Å². The van der Waals surface area contributed by atoms with E-state index in [2.05, 4.69) is 41.0 Å². The number of fused-ring (bicyclic) bond motifs is 2. The first kappa shape index (κ1) is 34.1. The maximum atomic E-state index is 14.0. The van der Waals surface area contributed by atoms with Gasteiger partial charge in [0.1, 0.15) is 0 Å². The maximum Gasteiger partial charge on any atom is 0.266 e. The third-order valence-electron chi connectivity index (χ3n) is 9.27. The molecule has 8 rings (SSSR count). The predicted molar refractivity (Wildman–Crippen MR) is 210 cm³/mol. The fourth-order valence-corrected chi connectivity index (χ4v) is 6.47. The quantitative estimate of drug-likeness (QED) is 0.153. The van der Waals surface area contributed by atoms with Gasteiger partial charge >= 0.3 is 0 Å². The molecule has 5 aromatic rings. The van der Waals surface area contributed by atoms with Crippen molar-refractivity contribution in [2.45, 2.75) is 12.8 Å². The summed E-state index contributed by atoms with van der Waals surface area (Å²) in [5, 5.41) is 2.78. The second-order valence-corrected chi connectivity index (χ2v) is 12.9. The standard InChI is InChI=1S/C47H27N3O5/c1-2-30-17-21-36(22-18-30)48-43(51)35-27-37(49-44(52)39-23-19-33(25-41(39)46(49)54)15-13-31-9-5-3-6-10-31)29-38(28-35)50-45(53)40-24-20-34(26-42(40)47(50)55)16-14-32-11-7-4-8-12-32/h1,3-7,9-11,17-29H,8,12H2,(H,48,51). The molecule has 0 atom stereocenters. The molecule has 1 N–H and O–H groups in total. The Balaban J connectivity index is 1.16. The van der Waals surface area contributed by atoms with E-state index in [9.17, 15) is 24.0 Å². The van der Waals surface area contributed by atoms with Gasteiger partial charge in [0.15, 0.2) is 0 Å². The second kappa shape index (κ2) is 14.2. The number of amides is 5. The summed E-state index contributed by atoms with van der Waals surface area (Å²) in [4.78, 5) is 71.4. The highest BCUT2D eigenvalue weighted by Crippen LogP contribution is 2.36. The van der Waals surface area contributed by atoms with Crippen LogP contribution in [-0.4, -0.2) is 29.5 Å². The lowest BCUT2D eigenvalue weighted by Gasteiger charge is -2.20. The molecule has 8 nitrogen and oxygen atoms in total. The van der Waals surface area contributed by atoms with Crippen LogP contribution in [-0.2, 0) is 0 Å². The number of benzene rings is 5. The Hall–Kier alpha value is -7.99. The van der Waals surface area contributed by atoms with Crippen LogP contribution in [0.25, 0.3) is 0 Å². The molecule has 2 heterocycles. The van der Waals surface area contributed by atoms with Gasteiger partial charge in [-0.3, -0.25) is 24.0 Å². The maximum absolute atomic E-state index is 14.0. The minimum absolute atomic E-state index is 0.00529. The third kappa shape index (κ3) is 6.62. The number of hydrogen-bond donors (Lipinski definition) is 1. The fraction of sp³-hybridized carbons (Fsp3) is 0.0426. The molecule has 260 valence electrons. The molecular weight excluding hydrogens is 687 g/mol. The van der Waals surface area contributed by atoms with E-state index in [1.165, 1.54) is 24.3 Å². The molecule has 0 radical (unpaired) electrons. The summed E-state index contributed by atoms with van der Waals surface area (Å²) in [6.07, 6.45) is 13.2. The van der Waals surface area contributed by atoms with Crippen LogP contribution >= 0.6 is 0 Å². The Morgan fingerprint density at radius 3 is 1.69 bits per heavy atom. The van der Waals surface area contributed by atoms with Gasteiger partial charge in [0.2, 0.25) is 0 Å². The predicted octanol–water partition coefficient (Wildman–Crippen LogP) is 7.55. The SMILES string of the molecule is C#Cc1ccc(NC(=O)c2cc(N3C(=O)c4ccc(C#CC5=CC=CCC5)cc4C3=O)cc(N3C(=O)c4ccc(C#Cc5ccccc5)cc4C3=O)c2)cc1. The van der Waals surface area contributed by atoms with Crippen LogP contribution in [0.2, 0.25) is 0 Å². The molecule has 2 aliphatic heterocycles. The highest BCUT2D eigenvalue weighted by Gasteiger charge is 2.40. The minimum atomic E-state index is -0.647. The number of terminal acetylenes is 1. The Morgan fingerprint density at radius 2 is 1.13 bits per heavy atom. The summed E-state index contributed by atoms with van der Waals surface area (Å²) in [6, 6.07) is 29.6. The summed E-state index contributed by atoms with van der Waals surface area (Å²) in [7, 11) is 0. The lowest BCUT2D eigenvalue weighted by molar-refractivity contribution is 0.0912. The van der Waals surface area contributed by atoms with E-state index in [1.54, 1.807) is 54.6 Å². The molecule has 0 aromatic heterocycles. The average Bonchev–Trinajstić information content (AvgIpc) is 3.62. The molecule has 0 saturated heterocycles. The summed E-state index contributed by atoms with van der Waals surface area (Å²) >= 11 is 0. The lowest BCUT2D eigenvalue weighted by Crippen LogP contribution is -2.32. The number of hydrogen-bond acceptors (Lipinski definition) is 5. The smallest absolute Gasteiger partial charge is 0.266 e. The van der Waals surface area contributed by atoms with E-state index < -0.39 is 29.5 Å². The molecule has 5 aromatic carbocycles. The van der Waals surface area contributed by atoms with E-state index in [4.69, 9.17) is 6.42 Å². The van der Waals surface area contributed by atoms with Crippen molar-refractivity contribution in [3.8, 4) is 36.0 Å². The Kier molecular flexibility index (Phi) is 8.81. The first-order chi connectivity index (χ1) is 26.8. The molecule has 5 amide bonds. The number of carbonyl (C=O) groups excluding carboxylic acids is 5. The van der Waals surface area contributed by atoms with Crippen LogP contribution in [0, 0.1) is 36.0 Å². The van der Waals surface area contributed by atoms with Crippen LogP contribution in [0.1, 0.15) is 86.9 Å². The van der Waals surface area contributed by atoms with Crippen molar-refractivity contribution in [1.82, 2.24) is 0 Å². The largest absolute Gasteiger partial charge is 0.322 e. The Bertz CT molecular complexity index is 2750. The van der Waals surface area contributed by atoms with Gasteiger partial charge in [-0.1, -0.05) is 66.0 Å². The van der Waals surface area contributed by atoms with E-state index >= 15 is 0 Å². The Labute approximate surface area is 316 Å². The van der Waals surface area contributed by atoms with Gasteiger partial charge in [0.05, 0.1) is 33.6 Å². The topological polar surface area (TPSA) is 104 Å². The third-order valence-corrected chi connectivity index (χ3v) is 9.27. The van der Waals surface area contributed by atoms with Crippen molar-refractivity contribution in [2.75, 3.05) is 15.1 Å². The number of allylic oxidation sites excluding steroid dienone is 4. The average molecular weight is 714 g/mol. The van der Waals surface area contributed by atoms with Crippen molar-refractivity contribution < 1.29 is 24.0 Å². The normalized spacial score (nSPS) is 13.9. The van der Waals surface area contributed by atoms with Gasteiger partial charge in [-0.25, -0.2) is 9.80 Å². The van der Waals surface area contributed by atoms with Gasteiger partial charge in [0, 0.05) is 39.1 Å². The van der Waals surface area contributed by atoms with E-state index in [0.29, 0.717) is 22.4 Å². The summed E-state index contributed by atoms with van der Waals surface area (Å²) in [5.41, 5.74) is 4.42. The van der Waals surface area contributed by atoms with Crippen molar-refractivity contribution in [2.24, 2.45) is 0 Å².